The average molecular weight is 499 g/mol. The summed E-state index contributed by atoms with van der Waals surface area (Å²) < 4.78 is 39.1. The zero-order chi connectivity index (χ0) is 24.7. The lowest BCUT2D eigenvalue weighted by Gasteiger charge is -2.26. The zero-order valence-electron chi connectivity index (χ0n) is 18.5. The molecule has 12 heteroatoms. The summed E-state index contributed by atoms with van der Waals surface area (Å²) in [5.74, 6) is -2.79. The quantitative estimate of drug-likeness (QED) is 0.542. The van der Waals surface area contributed by atoms with Gasteiger partial charge in [-0.1, -0.05) is 13.0 Å². The fraction of sp³-hybridized carbons (Fsp3) is 0.409. The van der Waals surface area contributed by atoms with Crippen LogP contribution in [0.5, 0.6) is 0 Å². The van der Waals surface area contributed by atoms with Crippen LogP contribution in [0.25, 0.3) is 16.9 Å². The Hall–Kier alpha value is -2.96. The van der Waals surface area contributed by atoms with Gasteiger partial charge < -0.3 is 19.6 Å². The average Bonchev–Trinajstić information content (AvgIpc) is 3.44. The minimum atomic E-state index is -5.08. The van der Waals surface area contributed by atoms with E-state index in [0.717, 1.165) is 61.2 Å². The second kappa shape index (κ2) is 11.4. The van der Waals surface area contributed by atoms with Crippen LogP contribution in [0.2, 0.25) is 0 Å². The van der Waals surface area contributed by atoms with E-state index < -0.39 is 12.1 Å². The first-order valence-corrected chi connectivity index (χ1v) is 11.5. The molecule has 0 atom stereocenters. The highest BCUT2D eigenvalue weighted by Gasteiger charge is 2.38. The first kappa shape index (κ1) is 25.7. The predicted molar refractivity (Wildman–Crippen MR) is 121 cm³/mol. The standard InChI is InChI=1S/C20H24N4O2S.C2HF3O2/c1-2-19-22-16(14-27-19)18-13-15(17-5-3-4-7-24(17)18)20(25)21-6-8-23-9-11-26-12-10-23;3-2(4,5)1(6)7/h3-5,7,13-14H,2,6,8-12H2,1H3,(H,21,25);(H,6,7). The molecule has 4 heterocycles. The molecule has 0 aromatic carbocycles. The summed E-state index contributed by atoms with van der Waals surface area (Å²) in [6.45, 7) is 6.99. The van der Waals surface area contributed by atoms with Gasteiger partial charge in [-0.3, -0.25) is 9.69 Å². The summed E-state index contributed by atoms with van der Waals surface area (Å²) in [5, 5.41) is 13.4. The molecule has 1 aliphatic rings. The lowest BCUT2D eigenvalue weighted by molar-refractivity contribution is -0.192. The van der Waals surface area contributed by atoms with Crippen molar-refractivity contribution in [1.29, 1.82) is 0 Å². The Kier molecular flexibility index (Phi) is 8.64. The van der Waals surface area contributed by atoms with Gasteiger partial charge in [0, 0.05) is 37.8 Å². The summed E-state index contributed by atoms with van der Waals surface area (Å²) in [4.78, 5) is 28.7. The largest absolute Gasteiger partial charge is 0.490 e. The summed E-state index contributed by atoms with van der Waals surface area (Å²) in [6, 6.07) is 7.87. The lowest BCUT2D eigenvalue weighted by Crippen LogP contribution is -2.41. The molecule has 2 N–H and O–H groups in total. The molecule has 0 aliphatic carbocycles. The number of nitrogens with one attached hydrogen (secondary N) is 1. The number of thiazole rings is 1. The normalized spacial score (nSPS) is 14.5. The first-order chi connectivity index (χ1) is 16.2. The monoisotopic (exact) mass is 498 g/mol. The Morgan fingerprint density at radius 3 is 2.59 bits per heavy atom. The molecule has 8 nitrogen and oxygen atoms in total. The fourth-order valence-electron chi connectivity index (χ4n) is 3.37. The number of fused-ring (bicyclic) bond motifs is 1. The summed E-state index contributed by atoms with van der Waals surface area (Å²) >= 11 is 1.66. The molecule has 0 radical (unpaired) electrons. The molecule has 4 rings (SSSR count). The number of alkyl halides is 3. The van der Waals surface area contributed by atoms with Crippen molar-refractivity contribution in [3.8, 4) is 11.4 Å². The van der Waals surface area contributed by atoms with Crippen LogP contribution in [-0.4, -0.2) is 76.8 Å². The van der Waals surface area contributed by atoms with Gasteiger partial charge in [0.15, 0.2) is 0 Å². The van der Waals surface area contributed by atoms with Crippen molar-refractivity contribution in [2.45, 2.75) is 19.5 Å². The molecule has 0 unspecified atom stereocenters. The molecule has 34 heavy (non-hydrogen) atoms. The van der Waals surface area contributed by atoms with Crippen molar-refractivity contribution in [1.82, 2.24) is 19.6 Å². The number of aliphatic carboxylic acids is 1. The summed E-state index contributed by atoms with van der Waals surface area (Å²) in [5.41, 5.74) is 3.48. The first-order valence-electron chi connectivity index (χ1n) is 10.6. The van der Waals surface area contributed by atoms with Gasteiger partial charge in [-0.05, 0) is 24.6 Å². The minimum absolute atomic E-state index is 0.0378. The van der Waals surface area contributed by atoms with Crippen molar-refractivity contribution in [3.63, 3.8) is 0 Å². The SMILES string of the molecule is CCc1nc(-c2cc(C(=O)NCCN3CCOCC3)c3ccccn23)cs1.O=C(O)C(F)(F)F. The number of morpholine rings is 1. The molecule has 1 aliphatic heterocycles. The van der Waals surface area contributed by atoms with Crippen LogP contribution in [0.15, 0.2) is 35.8 Å². The third-order valence-corrected chi connectivity index (χ3v) is 6.09. The molecule has 3 aromatic rings. The number of aryl methyl sites for hydroxylation is 1. The van der Waals surface area contributed by atoms with E-state index in [1.54, 1.807) is 11.3 Å². The number of amides is 1. The molecule has 1 amide bonds. The van der Waals surface area contributed by atoms with Crippen LogP contribution < -0.4 is 5.32 Å². The highest BCUT2D eigenvalue weighted by atomic mass is 32.1. The zero-order valence-corrected chi connectivity index (χ0v) is 19.3. The maximum Gasteiger partial charge on any atom is 0.490 e. The Bertz CT molecular complexity index is 1120. The molecule has 0 saturated carbocycles. The number of hydrogen-bond donors (Lipinski definition) is 2. The van der Waals surface area contributed by atoms with E-state index in [9.17, 15) is 18.0 Å². The molecular formula is C22H25F3N4O4S. The van der Waals surface area contributed by atoms with E-state index in [-0.39, 0.29) is 5.91 Å². The van der Waals surface area contributed by atoms with Gasteiger partial charge in [-0.25, -0.2) is 9.78 Å². The third kappa shape index (κ3) is 6.55. The maximum absolute atomic E-state index is 12.8. The molecule has 184 valence electrons. The van der Waals surface area contributed by atoms with Crippen molar-refractivity contribution in [2.75, 3.05) is 39.4 Å². The van der Waals surface area contributed by atoms with Crippen LogP contribution in [0.4, 0.5) is 13.2 Å². The highest BCUT2D eigenvalue weighted by molar-refractivity contribution is 7.09. The minimum Gasteiger partial charge on any atom is -0.475 e. The fourth-order valence-corrected chi connectivity index (χ4v) is 4.11. The number of carbonyl (C=O) groups excluding carboxylic acids is 1. The molecule has 1 fully saturated rings. The van der Waals surface area contributed by atoms with E-state index in [0.29, 0.717) is 12.1 Å². The molecule has 0 bridgehead atoms. The number of carbonyl (C=O) groups is 2. The number of rotatable bonds is 6. The van der Waals surface area contributed by atoms with Crippen LogP contribution >= 0.6 is 11.3 Å². The maximum atomic E-state index is 12.8. The number of ether oxygens (including phenoxy) is 1. The van der Waals surface area contributed by atoms with Crippen LogP contribution in [-0.2, 0) is 16.0 Å². The van der Waals surface area contributed by atoms with Gasteiger partial charge in [-0.15, -0.1) is 11.3 Å². The van der Waals surface area contributed by atoms with Gasteiger partial charge in [0.1, 0.15) is 0 Å². The number of pyridine rings is 1. The summed E-state index contributed by atoms with van der Waals surface area (Å²) in [6.07, 6.45) is -2.18. The number of carboxylic acids is 1. The van der Waals surface area contributed by atoms with Gasteiger partial charge in [0.2, 0.25) is 0 Å². The highest BCUT2D eigenvalue weighted by Crippen LogP contribution is 2.27. The molecular weight excluding hydrogens is 473 g/mol. The van der Waals surface area contributed by atoms with E-state index in [4.69, 9.17) is 19.6 Å². The van der Waals surface area contributed by atoms with Gasteiger partial charge in [0.25, 0.3) is 5.91 Å². The third-order valence-electron chi connectivity index (χ3n) is 5.10. The topological polar surface area (TPSA) is 96.2 Å². The van der Waals surface area contributed by atoms with Crippen molar-refractivity contribution < 1.29 is 32.6 Å². The molecule has 0 spiro atoms. The molecule has 1 saturated heterocycles. The van der Waals surface area contributed by atoms with E-state index in [1.165, 1.54) is 0 Å². The Labute approximate surface area is 198 Å². The number of halogens is 3. The smallest absolute Gasteiger partial charge is 0.475 e. The predicted octanol–water partition coefficient (Wildman–Crippen LogP) is 3.32. The number of hydrogen-bond acceptors (Lipinski definition) is 6. The van der Waals surface area contributed by atoms with Gasteiger partial charge in [0.05, 0.1) is 40.7 Å². The number of carboxylic acid groups (broad SMARTS) is 1. The van der Waals surface area contributed by atoms with Crippen molar-refractivity contribution in [2.24, 2.45) is 0 Å². The Balaban J connectivity index is 0.000000406. The lowest BCUT2D eigenvalue weighted by atomic mass is 10.2. The van der Waals surface area contributed by atoms with E-state index in [1.807, 2.05) is 34.9 Å². The molecule has 3 aromatic heterocycles. The van der Waals surface area contributed by atoms with Crippen LogP contribution in [0, 0.1) is 0 Å². The Morgan fingerprint density at radius 1 is 1.26 bits per heavy atom. The van der Waals surface area contributed by atoms with E-state index in [2.05, 4.69) is 22.5 Å². The number of nitrogens with zero attached hydrogens (tertiary/aromatic N) is 3. The van der Waals surface area contributed by atoms with Gasteiger partial charge in [-0.2, -0.15) is 13.2 Å². The van der Waals surface area contributed by atoms with Crippen LogP contribution in [0.1, 0.15) is 22.3 Å². The second-order valence-corrected chi connectivity index (χ2v) is 8.33. The second-order valence-electron chi connectivity index (χ2n) is 7.39. The van der Waals surface area contributed by atoms with Crippen LogP contribution in [0.3, 0.4) is 0 Å². The van der Waals surface area contributed by atoms with Crippen molar-refractivity contribution >= 4 is 28.7 Å². The number of aromatic nitrogens is 2. The summed E-state index contributed by atoms with van der Waals surface area (Å²) in [7, 11) is 0. The van der Waals surface area contributed by atoms with E-state index >= 15 is 0 Å². The van der Waals surface area contributed by atoms with Gasteiger partial charge >= 0.3 is 12.1 Å². The van der Waals surface area contributed by atoms with Crippen molar-refractivity contribution in [3.05, 3.63) is 46.4 Å². The Morgan fingerprint density at radius 2 is 1.97 bits per heavy atom.